The van der Waals surface area contributed by atoms with Gasteiger partial charge in [0.15, 0.2) is 0 Å². The van der Waals surface area contributed by atoms with Crippen LogP contribution in [-0.4, -0.2) is 0 Å². The Labute approximate surface area is 157 Å². The van der Waals surface area contributed by atoms with Gasteiger partial charge in [-0.25, -0.2) is 0 Å². The van der Waals surface area contributed by atoms with Crippen molar-refractivity contribution in [3.05, 3.63) is 73.8 Å². The molecule has 0 aliphatic carbocycles. The van der Waals surface area contributed by atoms with Gasteiger partial charge in [-0.3, -0.25) is 0 Å². The van der Waals surface area contributed by atoms with E-state index in [1.54, 1.807) is 18.2 Å². The predicted molar refractivity (Wildman–Crippen MR) is 101 cm³/mol. The summed E-state index contributed by atoms with van der Waals surface area (Å²) in [5.74, 6) is 1.49. The van der Waals surface area contributed by atoms with Crippen LogP contribution in [0.2, 0.25) is 15.1 Å². The molecule has 118 valence electrons. The molecule has 3 aromatic rings. The van der Waals surface area contributed by atoms with E-state index in [0.717, 1.165) is 27.2 Å². The number of rotatable bonds is 4. The Morgan fingerprint density at radius 2 is 1.74 bits per heavy atom. The van der Waals surface area contributed by atoms with Gasteiger partial charge in [-0.2, -0.15) is 0 Å². The van der Waals surface area contributed by atoms with Crippen LogP contribution in [0.15, 0.2) is 57.4 Å². The second-order valence-electron chi connectivity index (χ2n) is 4.87. The van der Waals surface area contributed by atoms with Gasteiger partial charge >= 0.3 is 0 Å². The lowest BCUT2D eigenvalue weighted by atomic mass is 10.2. The monoisotopic (exact) mass is 429 g/mol. The molecule has 1 N–H and O–H groups in total. The molecular weight excluding hydrogens is 420 g/mol. The highest BCUT2D eigenvalue weighted by atomic mass is 79.9. The molecule has 1 heterocycles. The molecule has 0 unspecified atom stereocenters. The SMILES string of the molecule is Clc1ccc(Cl)c(NCc2ccc(-c3ccc(Br)cc3Cl)o2)c1. The van der Waals surface area contributed by atoms with Crippen LogP contribution < -0.4 is 5.32 Å². The Bertz CT molecular complexity index is 848. The molecule has 1 aromatic heterocycles. The zero-order valence-corrected chi connectivity index (χ0v) is 15.6. The van der Waals surface area contributed by atoms with Gasteiger partial charge in [-0.1, -0.05) is 50.7 Å². The molecule has 0 radical (unpaired) electrons. The second-order valence-corrected chi connectivity index (χ2v) is 7.03. The molecule has 2 aromatic carbocycles. The largest absolute Gasteiger partial charge is 0.459 e. The number of anilines is 1. The van der Waals surface area contributed by atoms with E-state index < -0.39 is 0 Å². The van der Waals surface area contributed by atoms with Crippen molar-refractivity contribution < 1.29 is 4.42 Å². The maximum absolute atomic E-state index is 6.25. The number of benzene rings is 2. The van der Waals surface area contributed by atoms with Crippen molar-refractivity contribution in [2.45, 2.75) is 6.54 Å². The number of furan rings is 1. The van der Waals surface area contributed by atoms with E-state index in [-0.39, 0.29) is 0 Å². The molecule has 0 bridgehead atoms. The molecule has 0 fully saturated rings. The van der Waals surface area contributed by atoms with Crippen molar-refractivity contribution in [1.82, 2.24) is 0 Å². The highest BCUT2D eigenvalue weighted by molar-refractivity contribution is 9.10. The standard InChI is InChI=1S/C17H11BrCl3NO/c18-10-1-4-13(15(21)7-10)17-6-3-12(23-17)9-22-16-8-11(19)2-5-14(16)20/h1-8,22H,9H2. The zero-order chi connectivity index (χ0) is 16.4. The Balaban J connectivity index is 1.76. The van der Waals surface area contributed by atoms with Gasteiger partial charge in [0, 0.05) is 15.1 Å². The predicted octanol–water partition coefficient (Wildman–Crippen LogP) is 7.28. The van der Waals surface area contributed by atoms with Gasteiger partial charge in [0.1, 0.15) is 11.5 Å². The highest BCUT2D eigenvalue weighted by Crippen LogP contribution is 2.32. The summed E-state index contributed by atoms with van der Waals surface area (Å²) in [7, 11) is 0. The van der Waals surface area contributed by atoms with Crippen LogP contribution in [0.4, 0.5) is 5.69 Å². The molecule has 3 rings (SSSR count). The number of nitrogens with one attached hydrogen (secondary N) is 1. The lowest BCUT2D eigenvalue weighted by molar-refractivity contribution is 0.531. The van der Waals surface area contributed by atoms with Crippen LogP contribution >= 0.6 is 50.7 Å². The Morgan fingerprint density at radius 1 is 0.913 bits per heavy atom. The Kier molecular flexibility index (Phi) is 5.22. The molecule has 0 amide bonds. The van der Waals surface area contributed by atoms with Gasteiger partial charge in [-0.05, 0) is 48.5 Å². The van der Waals surface area contributed by atoms with E-state index in [9.17, 15) is 0 Å². The lowest BCUT2D eigenvalue weighted by Gasteiger charge is -2.07. The third kappa shape index (κ3) is 4.04. The van der Waals surface area contributed by atoms with Crippen LogP contribution in [-0.2, 0) is 6.54 Å². The Hall–Kier alpha value is -1.13. The number of hydrogen-bond donors (Lipinski definition) is 1. The first-order valence-electron chi connectivity index (χ1n) is 6.76. The third-order valence-corrected chi connectivity index (χ3v) is 4.61. The van der Waals surface area contributed by atoms with Gasteiger partial charge in [-0.15, -0.1) is 0 Å². The van der Waals surface area contributed by atoms with E-state index in [4.69, 9.17) is 39.2 Å². The molecule has 2 nitrogen and oxygen atoms in total. The van der Waals surface area contributed by atoms with Crippen LogP contribution in [0.1, 0.15) is 5.76 Å². The van der Waals surface area contributed by atoms with Gasteiger partial charge in [0.05, 0.1) is 22.3 Å². The average Bonchev–Trinajstić information content (AvgIpc) is 2.97. The molecular formula is C17H11BrCl3NO. The van der Waals surface area contributed by atoms with Crippen LogP contribution in [0.25, 0.3) is 11.3 Å². The van der Waals surface area contributed by atoms with Crippen LogP contribution in [0.3, 0.4) is 0 Å². The normalized spacial score (nSPS) is 10.8. The van der Waals surface area contributed by atoms with Crippen molar-refractivity contribution >= 4 is 56.4 Å². The summed E-state index contributed by atoms with van der Waals surface area (Å²) in [6.45, 7) is 0.494. The molecule has 0 saturated carbocycles. The van der Waals surface area contributed by atoms with Gasteiger partial charge in [0.25, 0.3) is 0 Å². The summed E-state index contributed by atoms with van der Waals surface area (Å²) in [6, 6.07) is 14.7. The molecule has 0 atom stereocenters. The van der Waals surface area contributed by atoms with Gasteiger partial charge in [0.2, 0.25) is 0 Å². The fourth-order valence-electron chi connectivity index (χ4n) is 2.12. The first-order valence-corrected chi connectivity index (χ1v) is 8.68. The maximum atomic E-state index is 6.25. The second kappa shape index (κ2) is 7.18. The molecule has 0 aliphatic rings. The minimum absolute atomic E-state index is 0.494. The molecule has 6 heteroatoms. The van der Waals surface area contributed by atoms with Crippen LogP contribution in [0.5, 0.6) is 0 Å². The first kappa shape index (κ1) is 16.7. The van der Waals surface area contributed by atoms with Crippen molar-refractivity contribution in [3.63, 3.8) is 0 Å². The quantitative estimate of drug-likeness (QED) is 0.469. The van der Waals surface area contributed by atoms with E-state index in [1.165, 1.54) is 0 Å². The van der Waals surface area contributed by atoms with Crippen molar-refractivity contribution in [2.24, 2.45) is 0 Å². The lowest BCUT2D eigenvalue weighted by Crippen LogP contribution is -1.98. The third-order valence-electron chi connectivity index (χ3n) is 3.24. The molecule has 0 aliphatic heterocycles. The summed E-state index contributed by atoms with van der Waals surface area (Å²) in [5, 5.41) is 5.07. The van der Waals surface area contributed by atoms with Crippen molar-refractivity contribution in [3.8, 4) is 11.3 Å². The summed E-state index contributed by atoms with van der Waals surface area (Å²) in [5.41, 5.74) is 1.61. The number of hydrogen-bond acceptors (Lipinski definition) is 2. The van der Waals surface area contributed by atoms with E-state index in [2.05, 4.69) is 21.2 Å². The fraction of sp³-hybridized carbons (Fsp3) is 0.0588. The fourth-order valence-corrected chi connectivity index (χ4v) is 3.25. The van der Waals surface area contributed by atoms with Crippen LogP contribution in [0, 0.1) is 0 Å². The summed E-state index contributed by atoms with van der Waals surface area (Å²) >= 11 is 21.7. The Morgan fingerprint density at radius 3 is 2.52 bits per heavy atom. The first-order chi connectivity index (χ1) is 11.0. The maximum Gasteiger partial charge on any atom is 0.135 e. The smallest absolute Gasteiger partial charge is 0.135 e. The van der Waals surface area contributed by atoms with E-state index in [0.29, 0.717) is 21.6 Å². The van der Waals surface area contributed by atoms with Crippen molar-refractivity contribution in [2.75, 3.05) is 5.32 Å². The number of halogens is 4. The summed E-state index contributed by atoms with van der Waals surface area (Å²) in [6.07, 6.45) is 0. The summed E-state index contributed by atoms with van der Waals surface area (Å²) < 4.78 is 6.77. The average molecular weight is 432 g/mol. The topological polar surface area (TPSA) is 25.2 Å². The molecule has 0 spiro atoms. The van der Waals surface area contributed by atoms with Gasteiger partial charge < -0.3 is 9.73 Å². The van der Waals surface area contributed by atoms with Crippen molar-refractivity contribution in [1.29, 1.82) is 0 Å². The molecule has 0 saturated heterocycles. The van der Waals surface area contributed by atoms with E-state index in [1.807, 2.05) is 30.3 Å². The molecule has 23 heavy (non-hydrogen) atoms. The van der Waals surface area contributed by atoms with E-state index >= 15 is 0 Å². The highest BCUT2D eigenvalue weighted by Gasteiger charge is 2.09. The minimum Gasteiger partial charge on any atom is -0.459 e. The minimum atomic E-state index is 0.494. The zero-order valence-electron chi connectivity index (χ0n) is 11.7. The summed E-state index contributed by atoms with van der Waals surface area (Å²) in [4.78, 5) is 0.